The lowest BCUT2D eigenvalue weighted by Gasteiger charge is -2.06. The van der Waals surface area contributed by atoms with Crippen molar-refractivity contribution in [2.24, 2.45) is 5.10 Å². The van der Waals surface area contributed by atoms with Crippen LogP contribution in [0.15, 0.2) is 53.6 Å². The van der Waals surface area contributed by atoms with E-state index in [2.05, 4.69) is 5.10 Å². The summed E-state index contributed by atoms with van der Waals surface area (Å²) in [6.07, 6.45) is 1.50. The van der Waals surface area contributed by atoms with Gasteiger partial charge in [0.2, 0.25) is 0 Å². The molecule has 7 heteroatoms. The van der Waals surface area contributed by atoms with Crippen LogP contribution in [-0.4, -0.2) is 21.1 Å². The number of aromatic hydroxyl groups is 2. The highest BCUT2D eigenvalue weighted by Crippen LogP contribution is 2.33. The van der Waals surface area contributed by atoms with Crippen LogP contribution in [0.4, 0.5) is 5.82 Å². The van der Waals surface area contributed by atoms with Gasteiger partial charge in [0.15, 0.2) is 0 Å². The van der Waals surface area contributed by atoms with Crippen molar-refractivity contribution < 1.29 is 10.2 Å². The van der Waals surface area contributed by atoms with E-state index in [1.165, 1.54) is 35.2 Å². The van der Waals surface area contributed by atoms with E-state index in [-0.39, 0.29) is 28.4 Å². The Kier molecular flexibility index (Phi) is 4.29. The number of anilines is 1. The van der Waals surface area contributed by atoms with E-state index in [0.717, 1.165) is 0 Å². The van der Waals surface area contributed by atoms with Crippen molar-refractivity contribution in [1.82, 2.24) is 4.68 Å². The van der Waals surface area contributed by atoms with E-state index in [4.69, 9.17) is 5.73 Å². The molecule has 0 aliphatic rings. The van der Waals surface area contributed by atoms with E-state index in [1.54, 1.807) is 24.3 Å². The second-order valence-electron chi connectivity index (χ2n) is 5.40. The highest BCUT2D eigenvalue weighted by molar-refractivity contribution is 5.82. The van der Waals surface area contributed by atoms with E-state index >= 15 is 0 Å². The molecule has 2 aromatic carbocycles. The van der Waals surface area contributed by atoms with Crippen molar-refractivity contribution in [1.29, 1.82) is 10.5 Å². The average molecular weight is 343 g/mol. The predicted octanol–water partition coefficient (Wildman–Crippen LogP) is 2.77. The lowest BCUT2D eigenvalue weighted by atomic mass is 10.1. The first kappa shape index (κ1) is 16.6. The fourth-order valence-electron chi connectivity index (χ4n) is 2.49. The van der Waals surface area contributed by atoms with Crippen LogP contribution in [0, 0.1) is 22.7 Å². The number of nitrogens with zero attached hydrogens (tertiary/aromatic N) is 4. The highest BCUT2D eigenvalue weighted by atomic mass is 16.3. The van der Waals surface area contributed by atoms with Crippen molar-refractivity contribution in [2.75, 3.05) is 5.73 Å². The summed E-state index contributed by atoms with van der Waals surface area (Å²) < 4.78 is 1.32. The second-order valence-corrected chi connectivity index (χ2v) is 5.40. The summed E-state index contributed by atoms with van der Waals surface area (Å²) in [6, 6.07) is 16.5. The van der Waals surface area contributed by atoms with E-state index in [0.29, 0.717) is 16.8 Å². The molecule has 4 N–H and O–H groups in total. The number of benzene rings is 2. The van der Waals surface area contributed by atoms with Crippen LogP contribution >= 0.6 is 0 Å². The van der Waals surface area contributed by atoms with Crippen molar-refractivity contribution in [3.8, 4) is 34.9 Å². The van der Waals surface area contributed by atoms with Crippen LogP contribution in [0.2, 0.25) is 0 Å². The Morgan fingerprint density at radius 3 is 1.96 bits per heavy atom. The smallest absolute Gasteiger partial charge is 0.145 e. The molecule has 0 unspecified atom stereocenters. The minimum Gasteiger partial charge on any atom is -0.508 e. The van der Waals surface area contributed by atoms with Crippen LogP contribution < -0.4 is 5.73 Å². The van der Waals surface area contributed by atoms with Gasteiger partial charge in [-0.2, -0.15) is 15.6 Å². The Morgan fingerprint density at radius 2 is 1.42 bits per heavy atom. The molecule has 7 nitrogen and oxygen atoms in total. The minimum atomic E-state index is 0.0402. The van der Waals surface area contributed by atoms with Crippen molar-refractivity contribution >= 4 is 12.0 Å². The maximum atomic E-state index is 9.50. The van der Waals surface area contributed by atoms with Gasteiger partial charge in [0.05, 0.1) is 17.5 Å². The van der Waals surface area contributed by atoms with Gasteiger partial charge in [-0.05, 0) is 54.1 Å². The molecule has 0 fully saturated rings. The van der Waals surface area contributed by atoms with Gasteiger partial charge in [-0.15, -0.1) is 0 Å². The van der Waals surface area contributed by atoms with Gasteiger partial charge in [-0.25, -0.2) is 4.68 Å². The maximum Gasteiger partial charge on any atom is 0.145 e. The second kappa shape index (κ2) is 6.71. The SMILES string of the molecule is N#Cc1c(C#N)c(-c2ccc(O)cc2)n(/N=C\c2ccc(O)cc2)c1N. The van der Waals surface area contributed by atoms with Gasteiger partial charge in [-0.3, -0.25) is 0 Å². The first-order chi connectivity index (χ1) is 12.5. The molecule has 0 radical (unpaired) electrons. The fraction of sp³-hybridized carbons (Fsp3) is 0. The molecule has 0 aliphatic heterocycles. The molecule has 3 aromatic rings. The van der Waals surface area contributed by atoms with Gasteiger partial charge in [-0.1, -0.05) is 0 Å². The van der Waals surface area contributed by atoms with E-state index in [9.17, 15) is 20.7 Å². The Morgan fingerprint density at radius 1 is 0.885 bits per heavy atom. The third-order valence-corrected chi connectivity index (χ3v) is 3.76. The summed E-state index contributed by atoms with van der Waals surface area (Å²) in [6.45, 7) is 0. The lowest BCUT2D eigenvalue weighted by Crippen LogP contribution is -2.00. The number of nitriles is 2. The third kappa shape index (κ3) is 2.93. The van der Waals surface area contributed by atoms with Gasteiger partial charge >= 0.3 is 0 Å². The Labute approximate surface area is 149 Å². The summed E-state index contributed by atoms with van der Waals surface area (Å²) >= 11 is 0. The molecule has 0 aliphatic carbocycles. The highest BCUT2D eigenvalue weighted by Gasteiger charge is 2.22. The molecular weight excluding hydrogens is 330 g/mol. The zero-order valence-corrected chi connectivity index (χ0v) is 13.5. The van der Waals surface area contributed by atoms with Crippen LogP contribution in [-0.2, 0) is 0 Å². The van der Waals surface area contributed by atoms with Crippen LogP contribution in [0.25, 0.3) is 11.3 Å². The summed E-state index contributed by atoms with van der Waals surface area (Å²) in [4.78, 5) is 0. The number of hydrogen-bond acceptors (Lipinski definition) is 6. The number of phenols is 2. The molecule has 26 heavy (non-hydrogen) atoms. The normalized spacial score (nSPS) is 10.5. The molecule has 0 bridgehead atoms. The number of rotatable bonds is 3. The number of phenolic OH excluding ortho intramolecular Hbond substituents is 2. The van der Waals surface area contributed by atoms with Crippen molar-refractivity contribution in [2.45, 2.75) is 0 Å². The molecule has 0 atom stereocenters. The summed E-state index contributed by atoms with van der Waals surface area (Å²) in [5.74, 6) is 0.250. The summed E-state index contributed by atoms with van der Waals surface area (Å²) in [7, 11) is 0. The number of nitrogens with two attached hydrogens (primary N) is 1. The zero-order valence-electron chi connectivity index (χ0n) is 13.5. The zero-order chi connectivity index (χ0) is 18.7. The Bertz CT molecular complexity index is 1070. The largest absolute Gasteiger partial charge is 0.508 e. The Hall–Kier alpha value is -4.23. The topological polar surface area (TPSA) is 131 Å². The molecule has 0 saturated heterocycles. The molecule has 0 spiro atoms. The number of aromatic nitrogens is 1. The maximum absolute atomic E-state index is 9.50. The molecule has 3 rings (SSSR count). The van der Waals surface area contributed by atoms with Crippen LogP contribution in [0.3, 0.4) is 0 Å². The summed E-state index contributed by atoms with van der Waals surface area (Å²) in [5, 5.41) is 42.0. The average Bonchev–Trinajstić information content (AvgIpc) is 2.93. The molecule has 0 amide bonds. The predicted molar refractivity (Wildman–Crippen MR) is 96.5 cm³/mol. The van der Waals surface area contributed by atoms with Gasteiger partial charge in [0.1, 0.15) is 35.0 Å². The number of nitrogen functional groups attached to an aromatic ring is 1. The van der Waals surface area contributed by atoms with Gasteiger partial charge < -0.3 is 15.9 Å². The van der Waals surface area contributed by atoms with Gasteiger partial charge in [0, 0.05) is 5.56 Å². The van der Waals surface area contributed by atoms with Gasteiger partial charge in [0.25, 0.3) is 0 Å². The monoisotopic (exact) mass is 343 g/mol. The molecular formula is C19H13N5O2. The number of hydrogen-bond donors (Lipinski definition) is 3. The summed E-state index contributed by atoms with van der Waals surface area (Å²) in [5.41, 5.74) is 7.82. The first-order valence-electron chi connectivity index (χ1n) is 7.52. The lowest BCUT2D eigenvalue weighted by molar-refractivity contribution is 0.475. The van der Waals surface area contributed by atoms with Crippen LogP contribution in [0.1, 0.15) is 16.7 Å². The molecule has 1 heterocycles. The van der Waals surface area contributed by atoms with Crippen molar-refractivity contribution in [3.05, 3.63) is 65.2 Å². The molecule has 126 valence electrons. The quantitative estimate of drug-likeness (QED) is 0.629. The first-order valence-corrected chi connectivity index (χ1v) is 7.52. The molecule has 1 aromatic heterocycles. The Balaban J connectivity index is 2.19. The molecule has 0 saturated carbocycles. The standard InChI is InChI=1S/C19H13N5O2/c20-9-16-17(10-21)19(22)24(18(16)13-3-7-15(26)8-4-13)23-11-12-1-5-14(25)6-2-12/h1-8,11,25-26H,22H2/b23-11-. The van der Waals surface area contributed by atoms with E-state index < -0.39 is 0 Å². The van der Waals surface area contributed by atoms with E-state index in [1.807, 2.05) is 12.1 Å². The van der Waals surface area contributed by atoms with Crippen molar-refractivity contribution in [3.63, 3.8) is 0 Å². The third-order valence-electron chi connectivity index (χ3n) is 3.76. The fourth-order valence-corrected chi connectivity index (χ4v) is 2.49. The van der Waals surface area contributed by atoms with Crippen LogP contribution in [0.5, 0.6) is 11.5 Å². The minimum absolute atomic E-state index is 0.0402.